The predicted octanol–water partition coefficient (Wildman–Crippen LogP) is 3.75. The second-order valence-electron chi connectivity index (χ2n) is 5.68. The van der Waals surface area contributed by atoms with Crippen LogP contribution in [-0.2, 0) is 6.54 Å². The van der Waals surface area contributed by atoms with Gasteiger partial charge in [-0.05, 0) is 30.2 Å². The van der Waals surface area contributed by atoms with Crippen molar-refractivity contribution < 1.29 is 9.47 Å². The summed E-state index contributed by atoms with van der Waals surface area (Å²) in [7, 11) is 3.36. The van der Waals surface area contributed by atoms with E-state index >= 15 is 0 Å². The fourth-order valence-corrected chi connectivity index (χ4v) is 2.47. The number of ether oxygens (including phenoxy) is 2. The van der Waals surface area contributed by atoms with Crippen LogP contribution in [0.2, 0.25) is 0 Å². The van der Waals surface area contributed by atoms with Gasteiger partial charge in [-0.1, -0.05) is 42.3 Å². The Morgan fingerprint density at radius 2 is 1.93 bits per heavy atom. The standard InChI is InChI=1S/C21H25N3O2.HI/c1-5-13-26-20-14-17(11-12-19(20)25-4)15-23-21(22-3)24-16(2)18-9-7-6-8-10-18;/h1,6-12,14,16H,13,15H2,2-4H3,(H2,22,23,24);1H. The van der Waals surface area contributed by atoms with Crippen LogP contribution in [0.15, 0.2) is 53.5 Å². The van der Waals surface area contributed by atoms with Crippen LogP contribution in [0.3, 0.4) is 0 Å². The highest BCUT2D eigenvalue weighted by molar-refractivity contribution is 14.0. The topological polar surface area (TPSA) is 54.9 Å². The molecule has 0 fully saturated rings. The second kappa shape index (κ2) is 12.1. The van der Waals surface area contributed by atoms with Crippen LogP contribution in [0.4, 0.5) is 0 Å². The summed E-state index contributed by atoms with van der Waals surface area (Å²) < 4.78 is 10.8. The molecule has 0 bridgehead atoms. The van der Waals surface area contributed by atoms with Crippen LogP contribution >= 0.6 is 24.0 Å². The minimum Gasteiger partial charge on any atom is -0.493 e. The molecule has 1 unspecified atom stereocenters. The molecule has 2 aromatic carbocycles. The lowest BCUT2D eigenvalue weighted by atomic mass is 10.1. The Morgan fingerprint density at radius 1 is 1.19 bits per heavy atom. The zero-order chi connectivity index (χ0) is 18.8. The van der Waals surface area contributed by atoms with Gasteiger partial charge in [0.1, 0.15) is 6.61 Å². The lowest BCUT2D eigenvalue weighted by Gasteiger charge is -2.18. The first kappa shape index (κ1) is 22.6. The lowest BCUT2D eigenvalue weighted by Crippen LogP contribution is -2.38. The number of rotatable bonds is 7. The van der Waals surface area contributed by atoms with Gasteiger partial charge in [0.25, 0.3) is 0 Å². The molecule has 0 amide bonds. The first-order valence-electron chi connectivity index (χ1n) is 8.43. The van der Waals surface area contributed by atoms with Gasteiger partial charge in [-0.15, -0.1) is 30.4 Å². The van der Waals surface area contributed by atoms with Crippen molar-refractivity contribution in [3.05, 3.63) is 59.7 Å². The van der Waals surface area contributed by atoms with E-state index in [1.54, 1.807) is 14.2 Å². The van der Waals surface area contributed by atoms with E-state index in [2.05, 4.69) is 40.6 Å². The van der Waals surface area contributed by atoms with Gasteiger partial charge in [-0.25, -0.2) is 0 Å². The highest BCUT2D eigenvalue weighted by Crippen LogP contribution is 2.28. The highest BCUT2D eigenvalue weighted by Gasteiger charge is 2.09. The van der Waals surface area contributed by atoms with Gasteiger partial charge < -0.3 is 20.1 Å². The van der Waals surface area contributed by atoms with Gasteiger partial charge in [0.15, 0.2) is 17.5 Å². The SMILES string of the molecule is C#CCOc1cc(CNC(=NC)NC(C)c2ccccc2)ccc1OC.I. The molecule has 0 heterocycles. The van der Waals surface area contributed by atoms with Gasteiger partial charge in [0.2, 0.25) is 0 Å². The molecule has 0 aliphatic rings. The number of aliphatic imine (C=N–C) groups is 1. The van der Waals surface area contributed by atoms with Crippen molar-refractivity contribution in [1.82, 2.24) is 10.6 Å². The largest absolute Gasteiger partial charge is 0.493 e. The average Bonchev–Trinajstić information content (AvgIpc) is 2.70. The number of guanidine groups is 1. The summed E-state index contributed by atoms with van der Waals surface area (Å²) in [6.07, 6.45) is 5.26. The van der Waals surface area contributed by atoms with Crippen molar-refractivity contribution in [1.29, 1.82) is 0 Å². The number of hydrogen-bond acceptors (Lipinski definition) is 3. The summed E-state index contributed by atoms with van der Waals surface area (Å²) in [6.45, 7) is 2.89. The van der Waals surface area contributed by atoms with Crippen molar-refractivity contribution in [2.75, 3.05) is 20.8 Å². The summed E-state index contributed by atoms with van der Waals surface area (Å²) in [5.41, 5.74) is 2.23. The van der Waals surface area contributed by atoms with E-state index in [1.165, 1.54) is 5.56 Å². The molecule has 6 heteroatoms. The number of nitrogens with zero attached hydrogens (tertiary/aromatic N) is 1. The third-order valence-corrected chi connectivity index (χ3v) is 3.88. The summed E-state index contributed by atoms with van der Waals surface area (Å²) in [5, 5.41) is 6.69. The minimum absolute atomic E-state index is 0. The molecule has 0 radical (unpaired) electrons. The minimum atomic E-state index is 0. The molecule has 2 aromatic rings. The Morgan fingerprint density at radius 3 is 2.56 bits per heavy atom. The molecule has 0 saturated heterocycles. The maximum atomic E-state index is 5.54. The van der Waals surface area contributed by atoms with Crippen molar-refractivity contribution in [3.63, 3.8) is 0 Å². The maximum absolute atomic E-state index is 5.54. The Kier molecular flexibility index (Phi) is 10.1. The van der Waals surface area contributed by atoms with E-state index in [1.807, 2.05) is 36.4 Å². The lowest BCUT2D eigenvalue weighted by molar-refractivity contribution is 0.330. The smallest absolute Gasteiger partial charge is 0.191 e. The van der Waals surface area contributed by atoms with E-state index in [0.717, 1.165) is 11.5 Å². The quantitative estimate of drug-likeness (QED) is 0.275. The molecular weight excluding hydrogens is 453 g/mol. The summed E-state index contributed by atoms with van der Waals surface area (Å²) in [4.78, 5) is 4.29. The van der Waals surface area contributed by atoms with E-state index in [9.17, 15) is 0 Å². The number of nitrogens with one attached hydrogen (secondary N) is 2. The first-order valence-corrected chi connectivity index (χ1v) is 8.43. The molecule has 144 valence electrons. The third-order valence-electron chi connectivity index (χ3n) is 3.88. The number of terminal acetylenes is 1. The van der Waals surface area contributed by atoms with Crippen LogP contribution in [0.5, 0.6) is 11.5 Å². The van der Waals surface area contributed by atoms with Gasteiger partial charge >= 0.3 is 0 Å². The molecule has 0 aromatic heterocycles. The monoisotopic (exact) mass is 479 g/mol. The van der Waals surface area contributed by atoms with Gasteiger partial charge in [-0.2, -0.15) is 0 Å². The van der Waals surface area contributed by atoms with Crippen LogP contribution in [-0.4, -0.2) is 26.7 Å². The van der Waals surface area contributed by atoms with E-state index < -0.39 is 0 Å². The molecule has 0 spiro atoms. The van der Waals surface area contributed by atoms with Crippen molar-refractivity contribution >= 4 is 29.9 Å². The van der Waals surface area contributed by atoms with Crippen molar-refractivity contribution in [2.45, 2.75) is 19.5 Å². The van der Waals surface area contributed by atoms with Gasteiger partial charge in [0, 0.05) is 13.6 Å². The van der Waals surface area contributed by atoms with E-state index in [4.69, 9.17) is 15.9 Å². The molecule has 2 N–H and O–H groups in total. The number of halogens is 1. The fourth-order valence-electron chi connectivity index (χ4n) is 2.47. The fraction of sp³-hybridized carbons (Fsp3) is 0.286. The Labute approximate surface area is 178 Å². The Balaban J connectivity index is 0.00000364. The number of benzene rings is 2. The zero-order valence-corrected chi connectivity index (χ0v) is 18.2. The summed E-state index contributed by atoms with van der Waals surface area (Å²) >= 11 is 0. The van der Waals surface area contributed by atoms with Gasteiger partial charge in [-0.3, -0.25) is 4.99 Å². The summed E-state index contributed by atoms with van der Waals surface area (Å²) in [6, 6.07) is 16.1. The Bertz CT molecular complexity index is 773. The predicted molar refractivity (Wildman–Crippen MR) is 121 cm³/mol. The first-order chi connectivity index (χ1) is 12.7. The molecule has 0 aliphatic heterocycles. The number of methoxy groups -OCH3 is 1. The van der Waals surface area contributed by atoms with E-state index in [0.29, 0.717) is 18.0 Å². The Hall–Kier alpha value is -2.40. The van der Waals surface area contributed by atoms with Crippen molar-refractivity contribution in [2.24, 2.45) is 4.99 Å². The van der Waals surface area contributed by atoms with Crippen LogP contribution in [0.1, 0.15) is 24.1 Å². The van der Waals surface area contributed by atoms with E-state index in [-0.39, 0.29) is 36.6 Å². The normalized spacial score (nSPS) is 11.6. The van der Waals surface area contributed by atoms with Crippen LogP contribution in [0, 0.1) is 12.3 Å². The second-order valence-corrected chi connectivity index (χ2v) is 5.68. The zero-order valence-electron chi connectivity index (χ0n) is 15.9. The van der Waals surface area contributed by atoms with Crippen molar-refractivity contribution in [3.8, 4) is 23.8 Å². The molecule has 1 atom stereocenters. The molecule has 0 aliphatic carbocycles. The van der Waals surface area contributed by atoms with Gasteiger partial charge in [0.05, 0.1) is 13.2 Å². The van der Waals surface area contributed by atoms with Crippen LogP contribution < -0.4 is 20.1 Å². The maximum Gasteiger partial charge on any atom is 0.191 e. The average molecular weight is 479 g/mol. The molecular formula is C21H26IN3O2. The van der Waals surface area contributed by atoms with Crippen LogP contribution in [0.25, 0.3) is 0 Å². The molecule has 27 heavy (non-hydrogen) atoms. The number of hydrogen-bond donors (Lipinski definition) is 2. The molecule has 5 nitrogen and oxygen atoms in total. The molecule has 2 rings (SSSR count). The molecule has 0 saturated carbocycles. The highest BCUT2D eigenvalue weighted by atomic mass is 127. The third kappa shape index (κ3) is 7.02. The summed E-state index contributed by atoms with van der Waals surface area (Å²) in [5.74, 6) is 4.47.